The quantitative estimate of drug-likeness (QED) is 0.723. The summed E-state index contributed by atoms with van der Waals surface area (Å²) in [6.07, 6.45) is 2.93. The van der Waals surface area contributed by atoms with Gasteiger partial charge in [-0.05, 0) is 41.5 Å². The van der Waals surface area contributed by atoms with Crippen LogP contribution in [-0.4, -0.2) is 35.7 Å². The molecule has 5 heteroatoms. The zero-order chi connectivity index (χ0) is 17.6. The van der Waals surface area contributed by atoms with Gasteiger partial charge >= 0.3 is 5.97 Å². The van der Waals surface area contributed by atoms with Crippen LogP contribution in [0, 0.1) is 5.92 Å². The number of hydrogen-bond donors (Lipinski definition) is 3. The topological polar surface area (TPSA) is 74.2 Å². The molecule has 1 aromatic carbocycles. The van der Waals surface area contributed by atoms with E-state index in [-0.39, 0.29) is 6.42 Å². The molecule has 0 saturated carbocycles. The fourth-order valence-electron chi connectivity index (χ4n) is 3.31. The SMILES string of the molecule is CC(CNCC1CNc2cccnc2C1)c1cccc(CC(=O)O)c1. The Hall–Kier alpha value is -2.40. The summed E-state index contributed by atoms with van der Waals surface area (Å²) in [6, 6.07) is 11.9. The smallest absolute Gasteiger partial charge is 0.307 e. The van der Waals surface area contributed by atoms with Crippen molar-refractivity contribution in [2.24, 2.45) is 5.92 Å². The molecule has 2 aromatic rings. The lowest BCUT2D eigenvalue weighted by atomic mass is 9.96. The number of carboxylic acid groups (broad SMARTS) is 1. The monoisotopic (exact) mass is 339 g/mol. The minimum atomic E-state index is -0.790. The van der Waals surface area contributed by atoms with E-state index < -0.39 is 5.97 Å². The Morgan fingerprint density at radius 3 is 3.12 bits per heavy atom. The van der Waals surface area contributed by atoms with E-state index in [2.05, 4.69) is 34.7 Å². The van der Waals surface area contributed by atoms with Crippen molar-refractivity contribution in [1.29, 1.82) is 0 Å². The van der Waals surface area contributed by atoms with Crippen LogP contribution >= 0.6 is 0 Å². The molecule has 0 spiro atoms. The number of pyridine rings is 1. The van der Waals surface area contributed by atoms with E-state index in [9.17, 15) is 4.79 Å². The number of hydrogen-bond acceptors (Lipinski definition) is 4. The molecule has 1 aliphatic heterocycles. The van der Waals surface area contributed by atoms with Crippen molar-refractivity contribution in [2.75, 3.05) is 25.0 Å². The number of anilines is 1. The van der Waals surface area contributed by atoms with Crippen LogP contribution in [0.2, 0.25) is 0 Å². The number of fused-ring (bicyclic) bond motifs is 1. The van der Waals surface area contributed by atoms with Crippen LogP contribution in [0.5, 0.6) is 0 Å². The van der Waals surface area contributed by atoms with Crippen LogP contribution in [0.3, 0.4) is 0 Å². The highest BCUT2D eigenvalue weighted by molar-refractivity contribution is 5.70. The van der Waals surface area contributed by atoms with Gasteiger partial charge in [-0.25, -0.2) is 0 Å². The molecule has 0 radical (unpaired) electrons. The molecular formula is C20H25N3O2. The first-order valence-electron chi connectivity index (χ1n) is 8.81. The minimum absolute atomic E-state index is 0.0775. The molecule has 0 amide bonds. The third-order valence-corrected chi connectivity index (χ3v) is 4.71. The van der Waals surface area contributed by atoms with Crippen molar-refractivity contribution < 1.29 is 9.90 Å². The number of carbonyl (C=O) groups is 1. The summed E-state index contributed by atoms with van der Waals surface area (Å²) in [5.41, 5.74) is 4.34. The molecule has 3 N–H and O–H groups in total. The second kappa shape index (κ2) is 8.12. The van der Waals surface area contributed by atoms with Crippen molar-refractivity contribution in [2.45, 2.75) is 25.7 Å². The average molecular weight is 339 g/mol. The molecule has 0 fully saturated rings. The molecule has 3 rings (SSSR count). The summed E-state index contributed by atoms with van der Waals surface area (Å²) < 4.78 is 0. The van der Waals surface area contributed by atoms with Crippen molar-refractivity contribution in [1.82, 2.24) is 10.3 Å². The van der Waals surface area contributed by atoms with E-state index in [1.165, 1.54) is 5.56 Å². The fourth-order valence-corrected chi connectivity index (χ4v) is 3.31. The number of rotatable bonds is 7. The Labute approximate surface area is 148 Å². The third kappa shape index (κ3) is 4.79. The molecule has 2 heterocycles. The molecule has 5 nitrogen and oxygen atoms in total. The van der Waals surface area contributed by atoms with E-state index in [0.29, 0.717) is 11.8 Å². The van der Waals surface area contributed by atoms with Crippen LogP contribution in [-0.2, 0) is 17.6 Å². The highest BCUT2D eigenvalue weighted by Crippen LogP contribution is 2.22. The number of aromatic nitrogens is 1. The number of nitrogens with one attached hydrogen (secondary N) is 2. The van der Waals surface area contributed by atoms with E-state index in [0.717, 1.165) is 43.0 Å². The molecule has 0 aliphatic carbocycles. The van der Waals surface area contributed by atoms with Crippen molar-refractivity contribution in [3.8, 4) is 0 Å². The van der Waals surface area contributed by atoms with E-state index in [1.54, 1.807) is 0 Å². The van der Waals surface area contributed by atoms with Gasteiger partial charge in [0, 0.05) is 25.8 Å². The average Bonchev–Trinajstić information content (AvgIpc) is 2.61. The van der Waals surface area contributed by atoms with Gasteiger partial charge in [-0.15, -0.1) is 0 Å². The van der Waals surface area contributed by atoms with Crippen LogP contribution in [0.25, 0.3) is 0 Å². The first kappa shape index (κ1) is 17.4. The van der Waals surface area contributed by atoms with Gasteiger partial charge in [0.2, 0.25) is 0 Å². The Morgan fingerprint density at radius 1 is 1.40 bits per heavy atom. The van der Waals surface area contributed by atoms with Gasteiger partial charge in [-0.1, -0.05) is 31.2 Å². The maximum atomic E-state index is 10.9. The number of benzene rings is 1. The van der Waals surface area contributed by atoms with E-state index in [4.69, 9.17) is 5.11 Å². The Balaban J connectivity index is 1.48. The van der Waals surface area contributed by atoms with E-state index in [1.807, 2.05) is 30.5 Å². The second-order valence-electron chi connectivity index (χ2n) is 6.82. The lowest BCUT2D eigenvalue weighted by Gasteiger charge is -2.26. The highest BCUT2D eigenvalue weighted by Gasteiger charge is 2.18. The predicted molar refractivity (Wildman–Crippen MR) is 99.0 cm³/mol. The van der Waals surface area contributed by atoms with Gasteiger partial charge in [-0.3, -0.25) is 9.78 Å². The van der Waals surface area contributed by atoms with Crippen molar-refractivity contribution in [3.63, 3.8) is 0 Å². The van der Waals surface area contributed by atoms with Crippen LogP contribution in [0.1, 0.15) is 29.7 Å². The standard InChI is InChI=1S/C20H25N3O2/c1-14(17-5-2-4-15(8-17)10-20(24)25)11-21-12-16-9-19-18(23-13-16)6-3-7-22-19/h2-8,14,16,21,23H,9-13H2,1H3,(H,24,25). The normalized spacial score (nSPS) is 17.4. The molecule has 2 unspecified atom stereocenters. The molecule has 132 valence electrons. The summed E-state index contributed by atoms with van der Waals surface area (Å²) in [7, 11) is 0. The number of aliphatic carboxylic acids is 1. The second-order valence-corrected chi connectivity index (χ2v) is 6.82. The summed E-state index contributed by atoms with van der Waals surface area (Å²) >= 11 is 0. The molecule has 0 bridgehead atoms. The van der Waals surface area contributed by atoms with Gasteiger partial charge in [0.15, 0.2) is 0 Å². The predicted octanol–water partition coefficient (Wildman–Crippen LogP) is 2.69. The summed E-state index contributed by atoms with van der Waals surface area (Å²) in [4.78, 5) is 15.3. The Morgan fingerprint density at radius 2 is 2.28 bits per heavy atom. The van der Waals surface area contributed by atoms with Crippen LogP contribution in [0.15, 0.2) is 42.6 Å². The minimum Gasteiger partial charge on any atom is -0.481 e. The lowest BCUT2D eigenvalue weighted by Crippen LogP contribution is -2.34. The van der Waals surface area contributed by atoms with Gasteiger partial charge in [0.1, 0.15) is 0 Å². The summed E-state index contributed by atoms with van der Waals surface area (Å²) in [5.74, 6) is 0.0882. The largest absolute Gasteiger partial charge is 0.481 e. The maximum absolute atomic E-state index is 10.9. The summed E-state index contributed by atoms with van der Waals surface area (Å²) in [5, 5.41) is 15.9. The maximum Gasteiger partial charge on any atom is 0.307 e. The van der Waals surface area contributed by atoms with Crippen molar-refractivity contribution >= 4 is 11.7 Å². The number of nitrogens with zero attached hydrogens (tertiary/aromatic N) is 1. The first-order chi connectivity index (χ1) is 12.1. The zero-order valence-corrected chi connectivity index (χ0v) is 14.5. The van der Waals surface area contributed by atoms with Crippen LogP contribution < -0.4 is 10.6 Å². The number of carboxylic acids is 1. The zero-order valence-electron chi connectivity index (χ0n) is 14.5. The molecular weight excluding hydrogens is 314 g/mol. The van der Waals surface area contributed by atoms with Gasteiger partial charge < -0.3 is 15.7 Å². The molecule has 2 atom stereocenters. The Bertz CT molecular complexity index is 732. The third-order valence-electron chi connectivity index (χ3n) is 4.71. The molecule has 1 aromatic heterocycles. The first-order valence-corrected chi connectivity index (χ1v) is 8.81. The van der Waals surface area contributed by atoms with Gasteiger partial charge in [0.05, 0.1) is 17.8 Å². The van der Waals surface area contributed by atoms with Gasteiger partial charge in [-0.2, -0.15) is 0 Å². The van der Waals surface area contributed by atoms with E-state index >= 15 is 0 Å². The van der Waals surface area contributed by atoms with Crippen molar-refractivity contribution in [3.05, 3.63) is 59.4 Å². The lowest BCUT2D eigenvalue weighted by molar-refractivity contribution is -0.136. The van der Waals surface area contributed by atoms with Gasteiger partial charge in [0.25, 0.3) is 0 Å². The molecule has 25 heavy (non-hydrogen) atoms. The van der Waals surface area contributed by atoms with Crippen LogP contribution in [0.4, 0.5) is 5.69 Å². The fraction of sp³-hybridized carbons (Fsp3) is 0.400. The highest BCUT2D eigenvalue weighted by atomic mass is 16.4. The Kier molecular flexibility index (Phi) is 5.66. The molecule has 0 saturated heterocycles. The molecule has 1 aliphatic rings. The summed E-state index contributed by atoms with van der Waals surface area (Å²) in [6.45, 7) is 4.96.